The van der Waals surface area contributed by atoms with Gasteiger partial charge in [0, 0.05) is 35.6 Å². The van der Waals surface area contributed by atoms with Crippen molar-refractivity contribution >= 4 is 28.9 Å². The first-order valence-corrected chi connectivity index (χ1v) is 21.1. The lowest BCUT2D eigenvalue weighted by molar-refractivity contribution is -0.139. The SMILES string of the molecule is C=C(N[C@H](Cc1ccccc1)C(=O)O)[C@H](Cc1ccc(-c2ncc(N3CCC(C4CCC(CCC)CC4)CC3)cn2)cc1)NC(=O)c1ccc(C(C)(C)C)s1. The van der Waals surface area contributed by atoms with Gasteiger partial charge in [-0.3, -0.25) is 4.79 Å². The number of aromatic nitrogens is 2. The van der Waals surface area contributed by atoms with Crippen LogP contribution in [0.2, 0.25) is 0 Å². The zero-order valence-corrected chi connectivity index (χ0v) is 33.9. The third kappa shape index (κ3) is 10.8. The fraction of sp³-hybridized carbons (Fsp3) is 0.478. The Morgan fingerprint density at radius 3 is 2.05 bits per heavy atom. The maximum Gasteiger partial charge on any atom is 0.326 e. The number of carbonyl (C=O) groups is 2. The maximum absolute atomic E-state index is 13.6. The molecule has 2 aromatic carbocycles. The average Bonchev–Trinajstić information content (AvgIpc) is 3.71. The van der Waals surface area contributed by atoms with E-state index in [2.05, 4.69) is 49.8 Å². The largest absolute Gasteiger partial charge is 0.480 e. The molecule has 0 spiro atoms. The monoisotopic (exact) mass is 761 g/mol. The molecule has 1 aliphatic heterocycles. The molecule has 1 saturated heterocycles. The molecule has 1 amide bonds. The van der Waals surface area contributed by atoms with E-state index >= 15 is 0 Å². The fourth-order valence-electron chi connectivity index (χ4n) is 8.37. The Labute approximate surface area is 331 Å². The number of nitrogens with one attached hydrogen (secondary N) is 2. The van der Waals surface area contributed by atoms with Crippen molar-refractivity contribution in [3.8, 4) is 11.4 Å². The predicted octanol–water partition coefficient (Wildman–Crippen LogP) is 9.47. The summed E-state index contributed by atoms with van der Waals surface area (Å²) in [6.45, 7) is 15.1. The Bertz CT molecular complexity index is 1850. The minimum absolute atomic E-state index is 0.0739. The second-order valence-electron chi connectivity index (χ2n) is 16.7. The number of hydrogen-bond donors (Lipinski definition) is 3. The number of nitrogens with zero attached hydrogens (tertiary/aromatic N) is 3. The van der Waals surface area contributed by atoms with Crippen LogP contribution < -0.4 is 15.5 Å². The van der Waals surface area contributed by atoms with Crippen LogP contribution in [0, 0.1) is 17.8 Å². The number of thiophene rings is 1. The Kier molecular flexibility index (Phi) is 13.5. The Hall–Kier alpha value is -4.50. The number of piperidine rings is 1. The quantitative estimate of drug-likeness (QED) is 0.111. The average molecular weight is 762 g/mol. The number of carbonyl (C=O) groups excluding carboxylic acids is 1. The van der Waals surface area contributed by atoms with Crippen LogP contribution in [-0.4, -0.2) is 52.1 Å². The molecular weight excluding hydrogens is 703 g/mol. The molecule has 0 unspecified atom stereocenters. The summed E-state index contributed by atoms with van der Waals surface area (Å²) in [4.78, 5) is 39.6. The second kappa shape index (κ2) is 18.4. The minimum Gasteiger partial charge on any atom is -0.480 e. The van der Waals surface area contributed by atoms with Gasteiger partial charge in [-0.05, 0) is 78.5 Å². The van der Waals surface area contributed by atoms with Crippen LogP contribution in [0.4, 0.5) is 5.69 Å². The molecule has 2 aliphatic rings. The number of anilines is 1. The summed E-state index contributed by atoms with van der Waals surface area (Å²) >= 11 is 1.47. The van der Waals surface area contributed by atoms with Gasteiger partial charge in [-0.25, -0.2) is 14.8 Å². The third-order valence-corrected chi connectivity index (χ3v) is 13.2. The van der Waals surface area contributed by atoms with E-state index in [4.69, 9.17) is 9.97 Å². The smallest absolute Gasteiger partial charge is 0.326 e. The first-order valence-electron chi connectivity index (χ1n) is 20.3. The summed E-state index contributed by atoms with van der Waals surface area (Å²) in [5.74, 6) is 2.19. The first-order chi connectivity index (χ1) is 26.5. The molecule has 9 heteroatoms. The van der Waals surface area contributed by atoms with Gasteiger partial charge in [0.15, 0.2) is 5.82 Å². The summed E-state index contributed by atoms with van der Waals surface area (Å²) in [6.07, 6.45) is 15.5. The molecule has 6 rings (SSSR count). The Morgan fingerprint density at radius 2 is 1.45 bits per heavy atom. The van der Waals surface area contributed by atoms with Crippen LogP contribution >= 0.6 is 11.3 Å². The van der Waals surface area contributed by atoms with Crippen molar-refractivity contribution < 1.29 is 14.7 Å². The fourth-order valence-corrected chi connectivity index (χ4v) is 9.34. The van der Waals surface area contributed by atoms with Gasteiger partial charge >= 0.3 is 5.97 Å². The summed E-state index contributed by atoms with van der Waals surface area (Å²) < 4.78 is 0. The van der Waals surface area contributed by atoms with Crippen molar-refractivity contribution in [3.05, 3.63) is 112 Å². The highest BCUT2D eigenvalue weighted by Gasteiger charge is 2.30. The normalized spacial score (nSPS) is 19.0. The Morgan fingerprint density at radius 1 is 0.836 bits per heavy atom. The second-order valence-corrected chi connectivity index (χ2v) is 17.8. The third-order valence-electron chi connectivity index (χ3n) is 11.7. The van der Waals surface area contributed by atoms with Gasteiger partial charge in [-0.15, -0.1) is 11.3 Å². The highest BCUT2D eigenvalue weighted by atomic mass is 32.1. The van der Waals surface area contributed by atoms with Crippen molar-refractivity contribution in [3.63, 3.8) is 0 Å². The number of carboxylic acids is 1. The van der Waals surface area contributed by atoms with E-state index in [0.29, 0.717) is 22.8 Å². The van der Waals surface area contributed by atoms with E-state index in [0.717, 1.165) is 58.1 Å². The molecule has 55 heavy (non-hydrogen) atoms. The zero-order valence-electron chi connectivity index (χ0n) is 33.1. The van der Waals surface area contributed by atoms with E-state index in [9.17, 15) is 14.7 Å². The number of benzene rings is 2. The molecule has 292 valence electrons. The first kappa shape index (κ1) is 40.2. The standard InChI is InChI=1S/C46H59N5O3S/c1-6-10-32-13-17-35(18-14-32)36-23-25-51(26-24-36)38-29-47-43(48-30-38)37-19-15-34(16-20-37)27-39(50-44(52)41-21-22-42(55-41)46(3,4)5)31(2)49-40(45(53)54)28-33-11-8-7-9-12-33/h7-9,11-12,15-16,19-22,29-30,32,35-36,39-40,49H,2,6,10,13-14,17-18,23-28H2,1,3-5H3,(H,50,52)(H,53,54)/t32?,35?,39-,40+/m0/s1. The summed E-state index contributed by atoms with van der Waals surface area (Å²) in [5.41, 5.74) is 4.22. The van der Waals surface area contributed by atoms with Gasteiger partial charge in [0.2, 0.25) is 0 Å². The molecule has 1 aliphatic carbocycles. The zero-order chi connectivity index (χ0) is 39.0. The minimum atomic E-state index is -0.983. The van der Waals surface area contributed by atoms with Gasteiger partial charge in [0.25, 0.3) is 5.91 Å². The van der Waals surface area contributed by atoms with Crippen LogP contribution in [-0.2, 0) is 23.1 Å². The number of carboxylic acid groups (broad SMARTS) is 1. The van der Waals surface area contributed by atoms with Crippen LogP contribution in [0.1, 0.15) is 105 Å². The number of amides is 1. The summed E-state index contributed by atoms with van der Waals surface area (Å²) in [5, 5.41) is 16.4. The molecule has 2 atom stereocenters. The lowest BCUT2D eigenvalue weighted by atomic mass is 9.72. The molecule has 3 N–H and O–H groups in total. The molecule has 2 fully saturated rings. The topological polar surface area (TPSA) is 107 Å². The molecule has 1 saturated carbocycles. The Balaban J connectivity index is 1.09. The van der Waals surface area contributed by atoms with E-state index < -0.39 is 18.1 Å². The van der Waals surface area contributed by atoms with E-state index in [-0.39, 0.29) is 17.7 Å². The van der Waals surface area contributed by atoms with Crippen molar-refractivity contribution in [2.75, 3.05) is 18.0 Å². The van der Waals surface area contributed by atoms with Crippen molar-refractivity contribution in [1.29, 1.82) is 0 Å². The van der Waals surface area contributed by atoms with E-state index in [1.54, 1.807) is 0 Å². The summed E-state index contributed by atoms with van der Waals surface area (Å²) in [7, 11) is 0. The highest BCUT2D eigenvalue weighted by Crippen LogP contribution is 2.40. The molecule has 0 bridgehead atoms. The lowest BCUT2D eigenvalue weighted by Crippen LogP contribution is -2.46. The summed E-state index contributed by atoms with van der Waals surface area (Å²) in [6, 6.07) is 19.9. The molecule has 8 nitrogen and oxygen atoms in total. The molecule has 2 aromatic heterocycles. The lowest BCUT2D eigenvalue weighted by Gasteiger charge is -2.39. The van der Waals surface area contributed by atoms with Crippen LogP contribution in [0.15, 0.2) is 91.4 Å². The molecular formula is C46H59N5O3S. The van der Waals surface area contributed by atoms with E-state index in [1.807, 2.05) is 79.1 Å². The molecule has 3 heterocycles. The van der Waals surface area contributed by atoms with Crippen molar-refractivity contribution in [2.45, 2.75) is 109 Å². The number of rotatable bonds is 15. The molecule has 0 radical (unpaired) electrons. The van der Waals surface area contributed by atoms with Gasteiger partial charge in [0.05, 0.1) is 29.0 Å². The predicted molar refractivity (Wildman–Crippen MR) is 225 cm³/mol. The van der Waals surface area contributed by atoms with Crippen LogP contribution in [0.5, 0.6) is 0 Å². The van der Waals surface area contributed by atoms with Crippen molar-refractivity contribution in [1.82, 2.24) is 20.6 Å². The van der Waals surface area contributed by atoms with E-state index in [1.165, 1.54) is 62.7 Å². The van der Waals surface area contributed by atoms with Crippen LogP contribution in [0.3, 0.4) is 0 Å². The number of aliphatic carboxylic acids is 1. The maximum atomic E-state index is 13.6. The van der Waals surface area contributed by atoms with Gasteiger partial charge in [-0.1, -0.05) is 115 Å². The molecule has 4 aromatic rings. The highest BCUT2D eigenvalue weighted by molar-refractivity contribution is 7.14. The van der Waals surface area contributed by atoms with Crippen molar-refractivity contribution in [2.24, 2.45) is 17.8 Å². The van der Waals surface area contributed by atoms with Gasteiger partial charge in [-0.2, -0.15) is 0 Å². The number of hydrogen-bond acceptors (Lipinski definition) is 7. The van der Waals surface area contributed by atoms with Gasteiger partial charge < -0.3 is 20.6 Å². The van der Waals surface area contributed by atoms with Gasteiger partial charge in [0.1, 0.15) is 6.04 Å². The van der Waals surface area contributed by atoms with Crippen LogP contribution in [0.25, 0.3) is 11.4 Å².